The first-order chi connectivity index (χ1) is 9.40. The lowest BCUT2D eigenvalue weighted by atomic mass is 10.1. The zero-order chi connectivity index (χ0) is 15.1. The maximum Gasteiger partial charge on any atom is 0.242 e. The van der Waals surface area contributed by atoms with Crippen molar-refractivity contribution in [3.05, 3.63) is 0 Å². The zero-order valence-corrected chi connectivity index (χ0v) is 12.9. The van der Waals surface area contributed by atoms with Crippen LogP contribution in [-0.4, -0.2) is 47.1 Å². The van der Waals surface area contributed by atoms with Gasteiger partial charge in [-0.05, 0) is 38.5 Å². The van der Waals surface area contributed by atoms with Crippen LogP contribution in [0.4, 0.5) is 0 Å². The van der Waals surface area contributed by atoms with E-state index in [1.165, 1.54) is 0 Å². The van der Waals surface area contributed by atoms with Crippen LogP contribution in [0.5, 0.6) is 0 Å². The van der Waals surface area contributed by atoms with Gasteiger partial charge in [-0.2, -0.15) is 0 Å². The lowest BCUT2D eigenvalue weighted by Crippen LogP contribution is -2.43. The Hall–Kier alpha value is -1.10. The van der Waals surface area contributed by atoms with Crippen LogP contribution in [0.3, 0.4) is 0 Å². The Kier molecular flexibility index (Phi) is 6.99. The normalized spacial score (nSPS) is 20.2. The van der Waals surface area contributed by atoms with Crippen molar-refractivity contribution in [1.82, 2.24) is 10.2 Å². The summed E-state index contributed by atoms with van der Waals surface area (Å²) >= 11 is 0. The summed E-state index contributed by atoms with van der Waals surface area (Å²) < 4.78 is 0. The molecule has 2 amide bonds. The van der Waals surface area contributed by atoms with Gasteiger partial charge in [-0.3, -0.25) is 9.59 Å². The van der Waals surface area contributed by atoms with Crippen LogP contribution in [0.2, 0.25) is 0 Å². The van der Waals surface area contributed by atoms with Gasteiger partial charge in [0.25, 0.3) is 0 Å². The molecule has 2 unspecified atom stereocenters. The molecule has 1 rings (SSSR count). The quantitative estimate of drug-likeness (QED) is 0.740. The van der Waals surface area contributed by atoms with E-state index in [0.29, 0.717) is 18.8 Å². The van der Waals surface area contributed by atoms with E-state index in [0.717, 1.165) is 25.8 Å². The van der Waals surface area contributed by atoms with Crippen molar-refractivity contribution in [2.45, 2.75) is 65.0 Å². The molecule has 1 saturated heterocycles. The zero-order valence-electron chi connectivity index (χ0n) is 12.9. The van der Waals surface area contributed by atoms with Crippen LogP contribution in [0.25, 0.3) is 0 Å². The Labute approximate surface area is 121 Å². The Balaban J connectivity index is 2.32. The third kappa shape index (κ3) is 5.90. The minimum absolute atomic E-state index is 0.0361. The van der Waals surface area contributed by atoms with Crippen molar-refractivity contribution in [2.24, 2.45) is 5.92 Å². The van der Waals surface area contributed by atoms with Crippen molar-refractivity contribution >= 4 is 11.8 Å². The van der Waals surface area contributed by atoms with E-state index in [4.69, 9.17) is 0 Å². The van der Waals surface area contributed by atoms with Gasteiger partial charge in [-0.1, -0.05) is 13.8 Å². The largest absolute Gasteiger partial charge is 0.393 e. The first-order valence-electron chi connectivity index (χ1n) is 7.64. The highest BCUT2D eigenvalue weighted by Gasteiger charge is 2.29. The standard InChI is InChI=1S/C15H28N2O3/c1-11(2)6-7-14(19)16-10-15(20)17-8-4-5-13(17)9-12(3)18/h11-13,18H,4-10H2,1-3H3,(H,16,19). The summed E-state index contributed by atoms with van der Waals surface area (Å²) in [6.07, 6.45) is 3.46. The predicted octanol–water partition coefficient (Wildman–Crippen LogP) is 1.30. The van der Waals surface area contributed by atoms with Gasteiger partial charge in [0.05, 0.1) is 12.6 Å². The molecule has 1 aliphatic rings. The molecule has 0 aromatic carbocycles. The molecular weight excluding hydrogens is 256 g/mol. The number of aliphatic hydroxyl groups excluding tert-OH is 1. The topological polar surface area (TPSA) is 69.6 Å². The molecule has 2 N–H and O–H groups in total. The number of carbonyl (C=O) groups excluding carboxylic acids is 2. The molecule has 5 nitrogen and oxygen atoms in total. The summed E-state index contributed by atoms with van der Waals surface area (Å²) in [5.41, 5.74) is 0. The molecule has 1 fully saturated rings. The lowest BCUT2D eigenvalue weighted by molar-refractivity contribution is -0.134. The number of carbonyl (C=O) groups is 2. The van der Waals surface area contributed by atoms with Crippen molar-refractivity contribution in [3.63, 3.8) is 0 Å². The number of nitrogens with one attached hydrogen (secondary N) is 1. The number of rotatable bonds is 7. The van der Waals surface area contributed by atoms with Crippen molar-refractivity contribution in [3.8, 4) is 0 Å². The average molecular weight is 284 g/mol. The van der Waals surface area contributed by atoms with Gasteiger partial charge in [0.2, 0.25) is 11.8 Å². The fourth-order valence-corrected chi connectivity index (χ4v) is 2.59. The molecule has 5 heteroatoms. The van der Waals surface area contributed by atoms with Crippen LogP contribution in [0.15, 0.2) is 0 Å². The first-order valence-corrected chi connectivity index (χ1v) is 7.64. The molecule has 0 bridgehead atoms. The number of likely N-dealkylation sites (tertiary alicyclic amines) is 1. The molecule has 116 valence electrons. The van der Waals surface area contributed by atoms with E-state index in [-0.39, 0.29) is 24.4 Å². The summed E-state index contributed by atoms with van der Waals surface area (Å²) in [6.45, 7) is 6.70. The second kappa shape index (κ2) is 8.25. The first kappa shape index (κ1) is 17.0. The summed E-state index contributed by atoms with van der Waals surface area (Å²) in [7, 11) is 0. The Bertz CT molecular complexity index is 329. The molecule has 0 aliphatic carbocycles. The van der Waals surface area contributed by atoms with Gasteiger partial charge < -0.3 is 15.3 Å². The van der Waals surface area contributed by atoms with Crippen molar-refractivity contribution in [2.75, 3.05) is 13.1 Å². The van der Waals surface area contributed by atoms with E-state index < -0.39 is 6.10 Å². The number of hydrogen-bond donors (Lipinski definition) is 2. The van der Waals surface area contributed by atoms with E-state index in [1.807, 2.05) is 0 Å². The minimum atomic E-state index is -0.394. The van der Waals surface area contributed by atoms with Gasteiger partial charge >= 0.3 is 0 Å². The van der Waals surface area contributed by atoms with E-state index >= 15 is 0 Å². The van der Waals surface area contributed by atoms with Crippen LogP contribution < -0.4 is 5.32 Å². The molecule has 0 aromatic rings. The van der Waals surface area contributed by atoms with Crippen LogP contribution >= 0.6 is 0 Å². The maximum absolute atomic E-state index is 12.1. The van der Waals surface area contributed by atoms with E-state index in [2.05, 4.69) is 19.2 Å². The van der Waals surface area contributed by atoms with Crippen LogP contribution in [-0.2, 0) is 9.59 Å². The van der Waals surface area contributed by atoms with E-state index in [9.17, 15) is 14.7 Å². The molecule has 0 radical (unpaired) electrons. The minimum Gasteiger partial charge on any atom is -0.393 e. The highest BCUT2D eigenvalue weighted by atomic mass is 16.3. The van der Waals surface area contributed by atoms with Gasteiger partial charge in [0.1, 0.15) is 0 Å². The third-order valence-corrected chi connectivity index (χ3v) is 3.70. The Morgan fingerprint density at radius 2 is 2.05 bits per heavy atom. The van der Waals surface area contributed by atoms with Crippen LogP contribution in [0.1, 0.15) is 52.9 Å². The number of aliphatic hydroxyl groups is 1. The van der Waals surface area contributed by atoms with Gasteiger partial charge in [0.15, 0.2) is 0 Å². The van der Waals surface area contributed by atoms with Gasteiger partial charge in [-0.15, -0.1) is 0 Å². The van der Waals surface area contributed by atoms with Gasteiger partial charge in [0, 0.05) is 19.0 Å². The molecule has 2 atom stereocenters. The monoisotopic (exact) mass is 284 g/mol. The second-order valence-corrected chi connectivity index (χ2v) is 6.18. The second-order valence-electron chi connectivity index (χ2n) is 6.18. The molecule has 0 spiro atoms. The molecule has 20 heavy (non-hydrogen) atoms. The smallest absolute Gasteiger partial charge is 0.242 e. The Morgan fingerprint density at radius 1 is 1.35 bits per heavy atom. The number of hydrogen-bond acceptors (Lipinski definition) is 3. The summed E-state index contributed by atoms with van der Waals surface area (Å²) in [5.74, 6) is 0.398. The Morgan fingerprint density at radius 3 is 2.65 bits per heavy atom. The number of amides is 2. The third-order valence-electron chi connectivity index (χ3n) is 3.70. The highest BCUT2D eigenvalue weighted by Crippen LogP contribution is 2.21. The van der Waals surface area contributed by atoms with Crippen molar-refractivity contribution < 1.29 is 14.7 Å². The van der Waals surface area contributed by atoms with Crippen LogP contribution in [0, 0.1) is 5.92 Å². The molecule has 1 aliphatic heterocycles. The summed E-state index contributed by atoms with van der Waals surface area (Å²) in [4.78, 5) is 25.5. The predicted molar refractivity (Wildman–Crippen MR) is 78.1 cm³/mol. The molecule has 1 heterocycles. The lowest BCUT2D eigenvalue weighted by Gasteiger charge is -2.25. The fourth-order valence-electron chi connectivity index (χ4n) is 2.59. The molecular formula is C15H28N2O3. The average Bonchev–Trinajstić information content (AvgIpc) is 2.80. The fraction of sp³-hybridized carbons (Fsp3) is 0.867. The molecule has 0 aromatic heterocycles. The SMILES string of the molecule is CC(C)CCC(=O)NCC(=O)N1CCCC1CC(C)O. The maximum atomic E-state index is 12.1. The van der Waals surface area contributed by atoms with E-state index in [1.54, 1.807) is 11.8 Å². The molecule has 0 saturated carbocycles. The summed E-state index contributed by atoms with van der Waals surface area (Å²) in [5, 5.41) is 12.1. The highest BCUT2D eigenvalue weighted by molar-refractivity contribution is 5.85. The van der Waals surface area contributed by atoms with Crippen molar-refractivity contribution in [1.29, 1.82) is 0 Å². The number of nitrogens with zero attached hydrogens (tertiary/aromatic N) is 1. The van der Waals surface area contributed by atoms with Gasteiger partial charge in [-0.25, -0.2) is 0 Å². The summed E-state index contributed by atoms with van der Waals surface area (Å²) in [6, 6.07) is 0.120.